The summed E-state index contributed by atoms with van der Waals surface area (Å²) in [7, 11) is 0. The highest BCUT2D eigenvalue weighted by molar-refractivity contribution is 8.00. The number of aliphatic hydroxyl groups is 1. The minimum absolute atomic E-state index is 0.404. The Bertz CT molecular complexity index is 227. The van der Waals surface area contributed by atoms with Gasteiger partial charge >= 0.3 is 0 Å². The van der Waals surface area contributed by atoms with E-state index in [-0.39, 0.29) is 0 Å². The van der Waals surface area contributed by atoms with Crippen LogP contribution in [-0.2, 0) is 4.79 Å². The minimum Gasteiger partial charge on any atom is -0.365 e. The fourth-order valence-electron chi connectivity index (χ4n) is 2.34. The predicted octanol–water partition coefficient (Wildman–Crippen LogP) is 0.0670. The number of carbonyl (C=O) groups excluding carboxylic acids is 1. The van der Waals surface area contributed by atoms with Crippen molar-refractivity contribution in [2.75, 3.05) is 5.75 Å². The molecule has 2 aliphatic rings. The number of hydrogen-bond donors (Lipinski definition) is 3. The lowest BCUT2D eigenvalue weighted by Gasteiger charge is -2.17. The molecule has 86 valence electrons. The summed E-state index contributed by atoms with van der Waals surface area (Å²) in [6.07, 6.45) is 4.38. The summed E-state index contributed by atoms with van der Waals surface area (Å²) in [5, 5.41) is 16.2. The molecule has 4 atom stereocenters. The Kier molecular flexibility index (Phi) is 4.02. The van der Waals surface area contributed by atoms with E-state index in [1.54, 1.807) is 0 Å². The smallest absolute Gasteiger partial charge is 0.161 e. The second kappa shape index (κ2) is 5.30. The first-order chi connectivity index (χ1) is 7.31. The van der Waals surface area contributed by atoms with Crippen molar-refractivity contribution in [3.63, 3.8) is 0 Å². The highest BCUT2D eigenvalue weighted by Crippen LogP contribution is 2.33. The first-order valence-corrected chi connectivity index (χ1v) is 6.61. The summed E-state index contributed by atoms with van der Waals surface area (Å²) in [5.74, 6) is 1.08. The number of hydrogen-bond acceptors (Lipinski definition) is 5. The van der Waals surface area contributed by atoms with Crippen molar-refractivity contribution in [3.8, 4) is 0 Å². The molecule has 0 radical (unpaired) electrons. The molecule has 5 heteroatoms. The Hall–Kier alpha value is -0.100. The highest BCUT2D eigenvalue weighted by atomic mass is 32.2. The van der Waals surface area contributed by atoms with E-state index in [2.05, 4.69) is 10.6 Å². The van der Waals surface area contributed by atoms with Gasteiger partial charge in [-0.3, -0.25) is 10.6 Å². The van der Waals surface area contributed by atoms with Crippen LogP contribution in [0.5, 0.6) is 0 Å². The summed E-state index contributed by atoms with van der Waals surface area (Å²) in [5.41, 5.74) is 0. The summed E-state index contributed by atoms with van der Waals surface area (Å²) >= 11 is 1.97. The maximum absolute atomic E-state index is 10.2. The van der Waals surface area contributed by atoms with Crippen molar-refractivity contribution < 1.29 is 9.90 Å². The SMILES string of the molecule is O=CCCCCC1SCC2NC(O)NC21. The summed E-state index contributed by atoms with van der Waals surface area (Å²) in [6.45, 7) is 0. The Morgan fingerprint density at radius 3 is 3.07 bits per heavy atom. The van der Waals surface area contributed by atoms with Gasteiger partial charge in [-0.05, 0) is 12.8 Å². The van der Waals surface area contributed by atoms with Crippen molar-refractivity contribution in [2.45, 2.75) is 49.4 Å². The molecule has 15 heavy (non-hydrogen) atoms. The number of unbranched alkanes of at least 4 members (excludes halogenated alkanes) is 2. The zero-order valence-corrected chi connectivity index (χ0v) is 9.50. The lowest BCUT2D eigenvalue weighted by Crippen LogP contribution is -2.37. The van der Waals surface area contributed by atoms with Crippen LogP contribution >= 0.6 is 11.8 Å². The summed E-state index contributed by atoms with van der Waals surface area (Å²) < 4.78 is 0. The minimum atomic E-state index is -0.529. The number of rotatable bonds is 5. The third-order valence-corrected chi connectivity index (χ3v) is 4.62. The number of nitrogens with one attached hydrogen (secondary N) is 2. The highest BCUT2D eigenvalue weighted by Gasteiger charge is 2.42. The van der Waals surface area contributed by atoms with Crippen LogP contribution in [0, 0.1) is 0 Å². The van der Waals surface area contributed by atoms with Gasteiger partial charge in [0, 0.05) is 29.5 Å². The molecule has 2 heterocycles. The summed E-state index contributed by atoms with van der Waals surface area (Å²) in [6, 6.07) is 0.822. The molecule has 2 rings (SSSR count). The Labute approximate surface area is 94.2 Å². The van der Waals surface area contributed by atoms with Crippen LogP contribution in [0.15, 0.2) is 0 Å². The number of fused-ring (bicyclic) bond motifs is 1. The van der Waals surface area contributed by atoms with Crippen molar-refractivity contribution in [1.29, 1.82) is 0 Å². The molecule has 0 saturated carbocycles. The standard InChI is InChI=1S/C10H18N2O2S/c13-5-3-1-2-4-8-9-7(6-15-8)11-10(14)12-9/h5,7-12,14H,1-4,6H2. The normalized spacial score (nSPS) is 39.3. The third kappa shape index (κ3) is 2.72. The van der Waals surface area contributed by atoms with Gasteiger partial charge in [0.2, 0.25) is 0 Å². The third-order valence-electron chi connectivity index (χ3n) is 3.11. The molecule has 0 aromatic rings. The molecule has 0 bridgehead atoms. The van der Waals surface area contributed by atoms with E-state index in [1.165, 1.54) is 0 Å². The predicted molar refractivity (Wildman–Crippen MR) is 60.6 cm³/mol. The molecule has 0 aromatic carbocycles. The molecular weight excluding hydrogens is 212 g/mol. The van der Waals surface area contributed by atoms with Gasteiger partial charge in [0.15, 0.2) is 6.35 Å². The van der Waals surface area contributed by atoms with Gasteiger partial charge in [-0.2, -0.15) is 11.8 Å². The average molecular weight is 230 g/mol. The van der Waals surface area contributed by atoms with Crippen molar-refractivity contribution in [2.24, 2.45) is 0 Å². The zero-order chi connectivity index (χ0) is 10.7. The maximum Gasteiger partial charge on any atom is 0.161 e. The van der Waals surface area contributed by atoms with Crippen LogP contribution in [-0.4, -0.2) is 40.8 Å². The van der Waals surface area contributed by atoms with E-state index < -0.39 is 6.35 Å². The molecule has 0 aromatic heterocycles. The second-order valence-electron chi connectivity index (χ2n) is 4.19. The number of carbonyl (C=O) groups is 1. The van der Waals surface area contributed by atoms with E-state index in [0.29, 0.717) is 23.8 Å². The monoisotopic (exact) mass is 230 g/mol. The first kappa shape index (κ1) is 11.4. The quantitative estimate of drug-likeness (QED) is 0.461. The first-order valence-electron chi connectivity index (χ1n) is 5.56. The van der Waals surface area contributed by atoms with Crippen LogP contribution in [0.3, 0.4) is 0 Å². The number of aldehydes is 1. The molecule has 4 nitrogen and oxygen atoms in total. The van der Waals surface area contributed by atoms with Gasteiger partial charge in [-0.15, -0.1) is 0 Å². The lowest BCUT2D eigenvalue weighted by atomic mass is 10.0. The summed E-state index contributed by atoms with van der Waals surface area (Å²) in [4.78, 5) is 10.2. The Morgan fingerprint density at radius 2 is 2.27 bits per heavy atom. The average Bonchev–Trinajstić information content (AvgIpc) is 2.73. The van der Waals surface area contributed by atoms with E-state index >= 15 is 0 Å². The molecule has 0 amide bonds. The second-order valence-corrected chi connectivity index (χ2v) is 5.46. The fraction of sp³-hybridized carbons (Fsp3) is 0.900. The molecule has 3 N–H and O–H groups in total. The number of aliphatic hydroxyl groups excluding tert-OH is 1. The Morgan fingerprint density at radius 1 is 1.40 bits per heavy atom. The van der Waals surface area contributed by atoms with Gasteiger partial charge in [0.05, 0.1) is 0 Å². The van der Waals surface area contributed by atoms with Crippen molar-refractivity contribution in [1.82, 2.24) is 10.6 Å². The van der Waals surface area contributed by atoms with E-state index in [4.69, 9.17) is 0 Å². The van der Waals surface area contributed by atoms with Crippen LogP contribution in [0.1, 0.15) is 25.7 Å². The largest absolute Gasteiger partial charge is 0.365 e. The van der Waals surface area contributed by atoms with Crippen LogP contribution < -0.4 is 10.6 Å². The molecule has 2 fully saturated rings. The molecule has 0 aliphatic carbocycles. The van der Waals surface area contributed by atoms with Gasteiger partial charge in [-0.1, -0.05) is 6.42 Å². The van der Waals surface area contributed by atoms with E-state index in [0.717, 1.165) is 31.3 Å². The van der Waals surface area contributed by atoms with Crippen LogP contribution in [0.4, 0.5) is 0 Å². The van der Waals surface area contributed by atoms with Gasteiger partial charge < -0.3 is 9.90 Å². The van der Waals surface area contributed by atoms with Gasteiger partial charge in [0.25, 0.3) is 0 Å². The molecule has 4 unspecified atom stereocenters. The van der Waals surface area contributed by atoms with Crippen molar-refractivity contribution in [3.05, 3.63) is 0 Å². The molecule has 0 spiro atoms. The van der Waals surface area contributed by atoms with Crippen LogP contribution in [0.25, 0.3) is 0 Å². The molecular formula is C10H18N2O2S. The number of thioether (sulfide) groups is 1. The lowest BCUT2D eigenvalue weighted by molar-refractivity contribution is -0.107. The van der Waals surface area contributed by atoms with E-state index in [9.17, 15) is 9.90 Å². The van der Waals surface area contributed by atoms with Gasteiger partial charge in [0.1, 0.15) is 6.29 Å². The van der Waals surface area contributed by atoms with Crippen LogP contribution in [0.2, 0.25) is 0 Å². The zero-order valence-electron chi connectivity index (χ0n) is 8.69. The van der Waals surface area contributed by atoms with Crippen molar-refractivity contribution >= 4 is 18.0 Å². The fourth-order valence-corrected chi connectivity index (χ4v) is 3.91. The maximum atomic E-state index is 10.2. The molecule has 2 saturated heterocycles. The van der Waals surface area contributed by atoms with E-state index in [1.807, 2.05) is 11.8 Å². The Balaban J connectivity index is 1.72. The molecule has 2 aliphatic heterocycles. The van der Waals surface area contributed by atoms with Gasteiger partial charge in [-0.25, -0.2) is 0 Å². The topological polar surface area (TPSA) is 61.4 Å².